The molecule has 0 aromatic rings. The summed E-state index contributed by atoms with van der Waals surface area (Å²) in [6.45, 7) is 12.2. The van der Waals surface area contributed by atoms with E-state index in [9.17, 15) is 0 Å². The van der Waals surface area contributed by atoms with E-state index in [0.717, 1.165) is 32.8 Å². The van der Waals surface area contributed by atoms with Gasteiger partial charge in [-0.05, 0) is 32.7 Å². The third-order valence-corrected chi connectivity index (χ3v) is 3.59. The maximum absolute atomic E-state index is 5.58. The van der Waals surface area contributed by atoms with E-state index < -0.39 is 0 Å². The normalized spacial score (nSPS) is 22.9. The maximum atomic E-state index is 5.58. The zero-order chi connectivity index (χ0) is 11.8. The summed E-state index contributed by atoms with van der Waals surface area (Å²) in [5, 5.41) is 3.50. The average Bonchev–Trinajstić information content (AvgIpc) is 2.81. The topological polar surface area (TPSA) is 24.5 Å². The number of hydrogen-bond acceptors (Lipinski definition) is 3. The fourth-order valence-electron chi connectivity index (χ4n) is 2.24. The van der Waals surface area contributed by atoms with Crippen molar-refractivity contribution < 1.29 is 4.74 Å². The second-order valence-electron chi connectivity index (χ2n) is 4.73. The average molecular weight is 228 g/mol. The molecule has 1 N–H and O–H groups in total. The molecule has 1 aliphatic heterocycles. The lowest BCUT2D eigenvalue weighted by molar-refractivity contribution is 0.108. The van der Waals surface area contributed by atoms with Crippen LogP contribution in [0.1, 0.15) is 40.0 Å². The molecule has 3 nitrogen and oxygen atoms in total. The Morgan fingerprint density at radius 3 is 2.81 bits per heavy atom. The summed E-state index contributed by atoms with van der Waals surface area (Å²) in [5.74, 6) is 0. The zero-order valence-corrected chi connectivity index (χ0v) is 11.2. The molecule has 2 unspecified atom stereocenters. The number of likely N-dealkylation sites (N-methyl/N-ethyl adjacent to an activating group) is 1. The Balaban J connectivity index is 2.03. The van der Waals surface area contributed by atoms with Crippen molar-refractivity contribution >= 4 is 0 Å². The number of nitrogens with zero attached hydrogens (tertiary/aromatic N) is 1. The third kappa shape index (κ3) is 4.81. The molecule has 1 heterocycles. The van der Waals surface area contributed by atoms with Gasteiger partial charge in [0.05, 0.1) is 6.10 Å². The van der Waals surface area contributed by atoms with E-state index in [1.807, 2.05) is 0 Å². The van der Waals surface area contributed by atoms with Gasteiger partial charge in [0, 0.05) is 32.3 Å². The van der Waals surface area contributed by atoms with Gasteiger partial charge in [0.15, 0.2) is 0 Å². The third-order valence-electron chi connectivity index (χ3n) is 3.59. The first kappa shape index (κ1) is 13.9. The molecule has 0 aromatic heterocycles. The minimum Gasteiger partial charge on any atom is -0.377 e. The van der Waals surface area contributed by atoms with Crippen LogP contribution in [0.15, 0.2) is 0 Å². The van der Waals surface area contributed by atoms with Gasteiger partial charge in [0.2, 0.25) is 0 Å². The monoisotopic (exact) mass is 228 g/mol. The predicted molar refractivity (Wildman–Crippen MR) is 68.8 cm³/mol. The second kappa shape index (κ2) is 8.04. The lowest BCUT2D eigenvalue weighted by atomic mass is 10.2. The molecule has 0 radical (unpaired) electrons. The van der Waals surface area contributed by atoms with Crippen molar-refractivity contribution in [2.45, 2.75) is 52.2 Å². The van der Waals surface area contributed by atoms with Gasteiger partial charge in [0.25, 0.3) is 0 Å². The molecule has 16 heavy (non-hydrogen) atoms. The van der Waals surface area contributed by atoms with Crippen LogP contribution in [0.2, 0.25) is 0 Å². The highest BCUT2D eigenvalue weighted by molar-refractivity contribution is 4.69. The summed E-state index contributed by atoms with van der Waals surface area (Å²) in [4.78, 5) is 2.53. The van der Waals surface area contributed by atoms with Crippen LogP contribution in [0.5, 0.6) is 0 Å². The highest BCUT2D eigenvalue weighted by atomic mass is 16.5. The summed E-state index contributed by atoms with van der Waals surface area (Å²) in [5.41, 5.74) is 0. The van der Waals surface area contributed by atoms with Crippen LogP contribution >= 0.6 is 0 Å². The van der Waals surface area contributed by atoms with Crippen molar-refractivity contribution in [2.24, 2.45) is 0 Å². The number of nitrogens with one attached hydrogen (secondary N) is 1. The second-order valence-corrected chi connectivity index (χ2v) is 4.73. The molecule has 96 valence electrons. The van der Waals surface area contributed by atoms with E-state index in [2.05, 4.69) is 31.0 Å². The minimum atomic E-state index is 0.471. The van der Waals surface area contributed by atoms with Crippen LogP contribution in [0.4, 0.5) is 0 Å². The van der Waals surface area contributed by atoms with Crippen LogP contribution in [0.25, 0.3) is 0 Å². The van der Waals surface area contributed by atoms with Gasteiger partial charge >= 0.3 is 0 Å². The molecule has 0 bridgehead atoms. The largest absolute Gasteiger partial charge is 0.377 e. The molecule has 1 aliphatic rings. The minimum absolute atomic E-state index is 0.471. The van der Waals surface area contributed by atoms with Crippen molar-refractivity contribution in [3.63, 3.8) is 0 Å². The SMILES string of the molecule is CCC(C)N(CC)CCNCC1CCCO1. The van der Waals surface area contributed by atoms with Gasteiger partial charge in [-0.25, -0.2) is 0 Å². The Morgan fingerprint density at radius 2 is 2.25 bits per heavy atom. The van der Waals surface area contributed by atoms with Gasteiger partial charge in [-0.3, -0.25) is 4.90 Å². The highest BCUT2D eigenvalue weighted by Gasteiger charge is 2.15. The fraction of sp³-hybridized carbons (Fsp3) is 1.00. The fourth-order valence-corrected chi connectivity index (χ4v) is 2.24. The van der Waals surface area contributed by atoms with Crippen LogP contribution in [0, 0.1) is 0 Å². The summed E-state index contributed by atoms with van der Waals surface area (Å²) in [6.07, 6.45) is 4.18. The Hall–Kier alpha value is -0.120. The van der Waals surface area contributed by atoms with Gasteiger partial charge in [-0.2, -0.15) is 0 Å². The van der Waals surface area contributed by atoms with Crippen molar-refractivity contribution in [3.8, 4) is 0 Å². The first-order valence-electron chi connectivity index (χ1n) is 6.84. The molecular weight excluding hydrogens is 200 g/mol. The Morgan fingerprint density at radius 1 is 1.44 bits per heavy atom. The van der Waals surface area contributed by atoms with Crippen molar-refractivity contribution in [3.05, 3.63) is 0 Å². The molecule has 0 amide bonds. The maximum Gasteiger partial charge on any atom is 0.0700 e. The van der Waals surface area contributed by atoms with Crippen molar-refractivity contribution in [1.29, 1.82) is 0 Å². The van der Waals surface area contributed by atoms with Crippen molar-refractivity contribution in [2.75, 3.05) is 32.8 Å². The quantitative estimate of drug-likeness (QED) is 0.642. The lowest BCUT2D eigenvalue weighted by Crippen LogP contribution is -2.39. The van der Waals surface area contributed by atoms with E-state index in [-0.39, 0.29) is 0 Å². The molecule has 0 aromatic carbocycles. The number of ether oxygens (including phenoxy) is 1. The molecule has 0 spiro atoms. The van der Waals surface area contributed by atoms with E-state index in [0.29, 0.717) is 12.1 Å². The smallest absolute Gasteiger partial charge is 0.0700 e. The summed E-state index contributed by atoms with van der Waals surface area (Å²) in [6, 6.07) is 0.703. The molecule has 0 saturated carbocycles. The molecule has 1 fully saturated rings. The van der Waals surface area contributed by atoms with Gasteiger partial charge in [-0.1, -0.05) is 13.8 Å². The zero-order valence-electron chi connectivity index (χ0n) is 11.2. The van der Waals surface area contributed by atoms with Crippen molar-refractivity contribution in [1.82, 2.24) is 10.2 Å². The van der Waals surface area contributed by atoms with Crippen LogP contribution in [-0.4, -0.2) is 49.8 Å². The van der Waals surface area contributed by atoms with E-state index in [1.165, 1.54) is 19.3 Å². The highest BCUT2D eigenvalue weighted by Crippen LogP contribution is 2.10. The Kier molecular flexibility index (Phi) is 7.01. The molecule has 0 aliphatic carbocycles. The number of rotatable bonds is 8. The molecular formula is C13H28N2O. The van der Waals surface area contributed by atoms with E-state index in [1.54, 1.807) is 0 Å². The van der Waals surface area contributed by atoms with Crippen LogP contribution < -0.4 is 5.32 Å². The molecule has 1 saturated heterocycles. The summed E-state index contributed by atoms with van der Waals surface area (Å²) in [7, 11) is 0. The van der Waals surface area contributed by atoms with E-state index >= 15 is 0 Å². The molecule has 1 rings (SSSR count). The van der Waals surface area contributed by atoms with Crippen LogP contribution in [-0.2, 0) is 4.74 Å². The first-order chi connectivity index (χ1) is 7.77. The Labute approximate surface area is 101 Å². The number of hydrogen-bond donors (Lipinski definition) is 1. The standard InChI is InChI=1S/C13H28N2O/c1-4-12(3)15(5-2)9-8-14-11-13-7-6-10-16-13/h12-14H,4-11H2,1-3H3. The van der Waals surface area contributed by atoms with Gasteiger partial charge in [-0.15, -0.1) is 0 Å². The van der Waals surface area contributed by atoms with Gasteiger partial charge < -0.3 is 10.1 Å². The summed E-state index contributed by atoms with van der Waals surface area (Å²) >= 11 is 0. The van der Waals surface area contributed by atoms with Gasteiger partial charge in [0.1, 0.15) is 0 Å². The lowest BCUT2D eigenvalue weighted by Gasteiger charge is -2.27. The molecule has 2 atom stereocenters. The van der Waals surface area contributed by atoms with E-state index in [4.69, 9.17) is 4.74 Å². The first-order valence-corrected chi connectivity index (χ1v) is 6.84. The van der Waals surface area contributed by atoms with Crippen LogP contribution in [0.3, 0.4) is 0 Å². The predicted octanol–water partition coefficient (Wildman–Crippen LogP) is 1.88. The summed E-state index contributed by atoms with van der Waals surface area (Å²) < 4.78 is 5.58. The Bertz CT molecular complexity index is 169. The molecule has 3 heteroatoms.